The van der Waals surface area contributed by atoms with Crippen LogP contribution in [-0.4, -0.2) is 50.4 Å². The fourth-order valence-electron chi connectivity index (χ4n) is 5.39. The Bertz CT molecular complexity index is 1490. The van der Waals surface area contributed by atoms with Crippen LogP contribution in [0.4, 0.5) is 14.5 Å². The maximum absolute atomic E-state index is 14.2. The third kappa shape index (κ3) is 8.34. The summed E-state index contributed by atoms with van der Waals surface area (Å²) < 4.78 is 61.7. The number of halogens is 2. The Morgan fingerprint density at radius 1 is 0.886 bits per heavy atom. The zero-order valence-corrected chi connectivity index (χ0v) is 25.9. The summed E-state index contributed by atoms with van der Waals surface area (Å²) in [5, 5.41) is 3.09. The maximum atomic E-state index is 14.2. The maximum Gasteiger partial charge on any atom is 0.264 e. The van der Waals surface area contributed by atoms with E-state index in [2.05, 4.69) is 5.32 Å². The van der Waals surface area contributed by atoms with Crippen molar-refractivity contribution in [1.29, 1.82) is 0 Å². The number of nitrogens with one attached hydrogen (secondary N) is 1. The van der Waals surface area contributed by atoms with Crippen LogP contribution < -0.4 is 14.4 Å². The molecule has 1 saturated carbocycles. The minimum absolute atomic E-state index is 0.00674. The van der Waals surface area contributed by atoms with Gasteiger partial charge in [0.25, 0.3) is 10.0 Å². The molecule has 1 N–H and O–H groups in total. The van der Waals surface area contributed by atoms with E-state index in [0.717, 1.165) is 60.7 Å². The smallest absolute Gasteiger partial charge is 0.264 e. The average molecular weight is 628 g/mol. The van der Waals surface area contributed by atoms with Crippen LogP contribution >= 0.6 is 0 Å². The molecule has 1 fully saturated rings. The quantitative estimate of drug-likeness (QED) is 0.258. The number of benzene rings is 3. The Hall–Kier alpha value is -3.99. The number of hydrogen-bond acceptors (Lipinski definition) is 5. The van der Waals surface area contributed by atoms with E-state index in [9.17, 15) is 26.8 Å². The molecule has 0 unspecified atom stereocenters. The number of carbonyl (C=O) groups is 2. The summed E-state index contributed by atoms with van der Waals surface area (Å²) in [5.41, 5.74) is 0.769. The Balaban J connectivity index is 1.70. The SMILES string of the molecule is CCOc1ccc(N(CC(=O)N(Cc2ccc(F)cc2)[C@@H](CC)C(=O)NC2CCCCC2)S(=O)(=O)c2ccc(F)cc2)cc1. The third-order valence-electron chi connectivity index (χ3n) is 7.72. The lowest BCUT2D eigenvalue weighted by atomic mass is 9.95. The molecule has 1 aliphatic rings. The summed E-state index contributed by atoms with van der Waals surface area (Å²) in [6.07, 6.45) is 5.13. The number of nitrogens with zero attached hydrogens (tertiary/aromatic N) is 2. The molecule has 3 aromatic carbocycles. The molecule has 0 bridgehead atoms. The Morgan fingerprint density at radius 3 is 2.05 bits per heavy atom. The molecule has 11 heteroatoms. The summed E-state index contributed by atoms with van der Waals surface area (Å²) in [7, 11) is -4.35. The standard InChI is InChI=1S/C33H39F2N3O5S/c1-3-31(33(40)36-27-8-6-5-7-9-27)37(22-24-10-12-25(34)13-11-24)32(39)23-38(28-16-18-29(19-17-28)43-4-2)44(41,42)30-20-14-26(35)15-21-30/h10-21,27,31H,3-9,22-23H2,1-2H3,(H,36,40)/t31-/m0/s1. The fourth-order valence-corrected chi connectivity index (χ4v) is 6.80. The van der Waals surface area contributed by atoms with Gasteiger partial charge in [0.1, 0.15) is 30.0 Å². The summed E-state index contributed by atoms with van der Waals surface area (Å²) in [4.78, 5) is 28.9. The normalized spacial score (nSPS) is 14.5. The van der Waals surface area contributed by atoms with E-state index >= 15 is 0 Å². The van der Waals surface area contributed by atoms with Crippen molar-refractivity contribution in [1.82, 2.24) is 10.2 Å². The predicted molar refractivity (Wildman–Crippen MR) is 165 cm³/mol. The van der Waals surface area contributed by atoms with Gasteiger partial charge in [0.2, 0.25) is 11.8 Å². The van der Waals surface area contributed by atoms with E-state index < -0.39 is 40.2 Å². The summed E-state index contributed by atoms with van der Waals surface area (Å²) in [6.45, 7) is 3.35. The lowest BCUT2D eigenvalue weighted by molar-refractivity contribution is -0.140. The number of sulfonamides is 1. The Kier molecular flexibility index (Phi) is 11.3. The van der Waals surface area contributed by atoms with Gasteiger partial charge in [-0.05, 0) is 92.4 Å². The lowest BCUT2D eigenvalue weighted by Crippen LogP contribution is -2.54. The molecule has 2 amide bonds. The van der Waals surface area contributed by atoms with E-state index in [1.807, 2.05) is 6.92 Å². The van der Waals surface area contributed by atoms with Gasteiger partial charge in [-0.2, -0.15) is 0 Å². The molecule has 236 valence electrons. The zero-order valence-electron chi connectivity index (χ0n) is 25.0. The van der Waals surface area contributed by atoms with Gasteiger partial charge >= 0.3 is 0 Å². The van der Waals surface area contributed by atoms with E-state index in [1.165, 1.54) is 41.3 Å². The van der Waals surface area contributed by atoms with Crippen molar-refractivity contribution < 1.29 is 31.5 Å². The van der Waals surface area contributed by atoms with Crippen molar-refractivity contribution in [2.24, 2.45) is 0 Å². The molecule has 1 aliphatic carbocycles. The van der Waals surface area contributed by atoms with Gasteiger partial charge in [0, 0.05) is 12.6 Å². The van der Waals surface area contributed by atoms with Crippen LogP contribution in [0.25, 0.3) is 0 Å². The molecule has 0 radical (unpaired) electrons. The predicted octanol–water partition coefficient (Wildman–Crippen LogP) is 5.82. The van der Waals surface area contributed by atoms with Crippen molar-refractivity contribution in [3.8, 4) is 5.75 Å². The number of amides is 2. The van der Waals surface area contributed by atoms with Crippen LogP contribution in [0.2, 0.25) is 0 Å². The Morgan fingerprint density at radius 2 is 1.48 bits per heavy atom. The minimum Gasteiger partial charge on any atom is -0.494 e. The second-order valence-corrected chi connectivity index (χ2v) is 12.7. The van der Waals surface area contributed by atoms with Gasteiger partial charge in [-0.3, -0.25) is 13.9 Å². The fraction of sp³-hybridized carbons (Fsp3) is 0.394. The molecule has 4 rings (SSSR count). The van der Waals surface area contributed by atoms with E-state index in [0.29, 0.717) is 17.9 Å². The van der Waals surface area contributed by atoms with Crippen LogP contribution in [0.15, 0.2) is 77.7 Å². The molecule has 0 heterocycles. The van der Waals surface area contributed by atoms with Gasteiger partial charge in [0.05, 0.1) is 17.2 Å². The van der Waals surface area contributed by atoms with Crippen LogP contribution in [0.1, 0.15) is 57.9 Å². The first-order valence-electron chi connectivity index (χ1n) is 15.0. The largest absolute Gasteiger partial charge is 0.494 e. The summed E-state index contributed by atoms with van der Waals surface area (Å²) in [6, 6.07) is 15.3. The molecule has 0 spiro atoms. The van der Waals surface area contributed by atoms with Crippen molar-refractivity contribution in [3.05, 3.63) is 90.0 Å². The third-order valence-corrected chi connectivity index (χ3v) is 9.51. The Labute approximate surface area is 258 Å². The molecular weight excluding hydrogens is 588 g/mol. The van der Waals surface area contributed by atoms with Gasteiger partial charge in [-0.25, -0.2) is 17.2 Å². The van der Waals surface area contributed by atoms with Crippen LogP contribution in [0, 0.1) is 11.6 Å². The van der Waals surface area contributed by atoms with Crippen molar-refractivity contribution in [3.63, 3.8) is 0 Å². The number of anilines is 1. The molecular formula is C33H39F2N3O5S. The number of hydrogen-bond donors (Lipinski definition) is 1. The van der Waals surface area contributed by atoms with E-state index in [1.54, 1.807) is 19.1 Å². The van der Waals surface area contributed by atoms with E-state index in [4.69, 9.17) is 4.74 Å². The van der Waals surface area contributed by atoms with Crippen LogP contribution in [-0.2, 0) is 26.2 Å². The summed E-state index contributed by atoms with van der Waals surface area (Å²) >= 11 is 0. The first kappa shape index (κ1) is 32.9. The molecule has 8 nitrogen and oxygen atoms in total. The van der Waals surface area contributed by atoms with Crippen molar-refractivity contribution >= 4 is 27.5 Å². The van der Waals surface area contributed by atoms with Gasteiger partial charge < -0.3 is 15.0 Å². The van der Waals surface area contributed by atoms with E-state index in [-0.39, 0.29) is 35.5 Å². The van der Waals surface area contributed by atoms with Crippen LogP contribution in [0.5, 0.6) is 5.75 Å². The number of ether oxygens (including phenoxy) is 1. The first-order valence-corrected chi connectivity index (χ1v) is 16.4. The number of rotatable bonds is 13. The minimum atomic E-state index is -4.35. The first-order chi connectivity index (χ1) is 21.1. The highest BCUT2D eigenvalue weighted by Gasteiger charge is 2.34. The zero-order chi connectivity index (χ0) is 31.7. The molecule has 3 aromatic rings. The van der Waals surface area contributed by atoms with Gasteiger partial charge in [-0.15, -0.1) is 0 Å². The lowest BCUT2D eigenvalue weighted by Gasteiger charge is -2.34. The van der Waals surface area contributed by atoms with Crippen LogP contribution in [0.3, 0.4) is 0 Å². The topological polar surface area (TPSA) is 96.0 Å². The number of carbonyl (C=O) groups excluding carboxylic acids is 2. The van der Waals surface area contributed by atoms with Gasteiger partial charge in [0.15, 0.2) is 0 Å². The highest BCUT2D eigenvalue weighted by molar-refractivity contribution is 7.92. The average Bonchev–Trinajstić information content (AvgIpc) is 3.02. The second kappa shape index (κ2) is 15.1. The highest BCUT2D eigenvalue weighted by Crippen LogP contribution is 2.27. The molecule has 44 heavy (non-hydrogen) atoms. The summed E-state index contributed by atoms with van der Waals surface area (Å²) in [5.74, 6) is -1.47. The molecule has 1 atom stereocenters. The van der Waals surface area contributed by atoms with Crippen molar-refractivity contribution in [2.45, 2.75) is 75.9 Å². The highest BCUT2D eigenvalue weighted by atomic mass is 32.2. The van der Waals surface area contributed by atoms with Gasteiger partial charge in [-0.1, -0.05) is 38.3 Å². The monoisotopic (exact) mass is 627 g/mol. The van der Waals surface area contributed by atoms with Crippen molar-refractivity contribution in [2.75, 3.05) is 17.5 Å². The second-order valence-electron chi connectivity index (χ2n) is 10.8. The molecule has 0 aliphatic heterocycles. The molecule has 0 aromatic heterocycles. The molecule has 0 saturated heterocycles.